The van der Waals surface area contributed by atoms with Gasteiger partial charge in [-0.05, 0) is 30.6 Å². The lowest BCUT2D eigenvalue weighted by molar-refractivity contribution is 0.316. The number of hydrogen-bond acceptors (Lipinski definition) is 1. The second-order valence-electron chi connectivity index (χ2n) is 5.14. The van der Waals surface area contributed by atoms with Gasteiger partial charge in [0.1, 0.15) is 0 Å². The lowest BCUT2D eigenvalue weighted by atomic mass is 9.82. The molecule has 0 radical (unpaired) electrons. The van der Waals surface area contributed by atoms with Crippen molar-refractivity contribution >= 4 is 0 Å². The summed E-state index contributed by atoms with van der Waals surface area (Å²) in [6.07, 6.45) is 7.39. The van der Waals surface area contributed by atoms with Gasteiger partial charge in [-0.25, -0.2) is 0 Å². The van der Waals surface area contributed by atoms with E-state index in [-0.39, 0.29) is 0 Å². The van der Waals surface area contributed by atoms with Gasteiger partial charge in [0.15, 0.2) is 0 Å². The molecule has 1 atom stereocenters. The zero-order valence-electron chi connectivity index (χ0n) is 8.40. The van der Waals surface area contributed by atoms with E-state index in [9.17, 15) is 0 Å². The van der Waals surface area contributed by atoms with Gasteiger partial charge in [0.05, 0.1) is 0 Å². The summed E-state index contributed by atoms with van der Waals surface area (Å²) in [6.45, 7) is 5.98. The Labute approximate surface area is 75.9 Å². The van der Waals surface area contributed by atoms with Gasteiger partial charge in [-0.15, -0.1) is 0 Å². The second-order valence-corrected chi connectivity index (χ2v) is 5.14. The SMILES string of the molecule is CC(C)C1CC2(CCCC2)CN1. The molecule has 2 aliphatic rings. The van der Waals surface area contributed by atoms with E-state index in [2.05, 4.69) is 19.2 Å². The minimum atomic E-state index is 0.731. The van der Waals surface area contributed by atoms with Gasteiger partial charge in [-0.2, -0.15) is 0 Å². The summed E-state index contributed by atoms with van der Waals surface area (Å²) in [6, 6.07) is 0.808. The predicted molar refractivity (Wildman–Crippen MR) is 52.1 cm³/mol. The van der Waals surface area contributed by atoms with Gasteiger partial charge < -0.3 is 5.32 Å². The summed E-state index contributed by atoms with van der Waals surface area (Å²) in [4.78, 5) is 0. The summed E-state index contributed by atoms with van der Waals surface area (Å²) in [7, 11) is 0. The first-order valence-electron chi connectivity index (χ1n) is 5.45. The summed E-state index contributed by atoms with van der Waals surface area (Å²) >= 11 is 0. The van der Waals surface area contributed by atoms with Crippen LogP contribution in [0.2, 0.25) is 0 Å². The molecule has 0 aromatic carbocycles. The van der Waals surface area contributed by atoms with Crippen LogP contribution in [0.15, 0.2) is 0 Å². The molecule has 2 rings (SSSR count). The summed E-state index contributed by atoms with van der Waals surface area (Å²) in [5.74, 6) is 0.824. The van der Waals surface area contributed by atoms with Gasteiger partial charge in [-0.1, -0.05) is 26.7 Å². The van der Waals surface area contributed by atoms with Gasteiger partial charge in [0.2, 0.25) is 0 Å². The van der Waals surface area contributed by atoms with E-state index < -0.39 is 0 Å². The van der Waals surface area contributed by atoms with Gasteiger partial charge in [-0.3, -0.25) is 0 Å². The molecule has 2 fully saturated rings. The highest BCUT2D eigenvalue weighted by Gasteiger charge is 2.41. The van der Waals surface area contributed by atoms with Gasteiger partial charge in [0, 0.05) is 12.6 Å². The molecule has 1 heterocycles. The van der Waals surface area contributed by atoms with Crippen LogP contribution in [0.4, 0.5) is 0 Å². The third kappa shape index (κ3) is 1.39. The maximum atomic E-state index is 3.69. The Morgan fingerprint density at radius 3 is 2.42 bits per heavy atom. The molecular weight excluding hydrogens is 146 g/mol. The largest absolute Gasteiger partial charge is 0.313 e. The molecular formula is C11H21N. The van der Waals surface area contributed by atoms with Crippen LogP contribution in [0.25, 0.3) is 0 Å². The zero-order valence-corrected chi connectivity index (χ0v) is 8.40. The second kappa shape index (κ2) is 3.02. The molecule has 1 unspecified atom stereocenters. The molecule has 0 aromatic heterocycles. The normalized spacial score (nSPS) is 33.8. The van der Waals surface area contributed by atoms with E-state index in [4.69, 9.17) is 0 Å². The summed E-state index contributed by atoms with van der Waals surface area (Å²) in [5.41, 5.74) is 0.731. The van der Waals surface area contributed by atoms with Crippen LogP contribution in [-0.4, -0.2) is 12.6 Å². The molecule has 0 amide bonds. The molecule has 1 saturated heterocycles. The smallest absolute Gasteiger partial charge is 0.00960 e. The van der Waals surface area contributed by atoms with Crippen molar-refractivity contribution in [3.05, 3.63) is 0 Å². The highest BCUT2D eigenvalue weighted by molar-refractivity contribution is 4.97. The first-order valence-corrected chi connectivity index (χ1v) is 5.45. The molecule has 1 saturated carbocycles. The minimum absolute atomic E-state index is 0.731. The Bertz CT molecular complexity index is 156. The minimum Gasteiger partial charge on any atom is -0.313 e. The first-order chi connectivity index (χ1) is 5.72. The number of rotatable bonds is 1. The quantitative estimate of drug-likeness (QED) is 0.633. The van der Waals surface area contributed by atoms with Crippen LogP contribution in [0.1, 0.15) is 46.0 Å². The van der Waals surface area contributed by atoms with Crippen molar-refractivity contribution in [1.29, 1.82) is 0 Å². The molecule has 1 spiro atoms. The third-order valence-electron chi connectivity index (χ3n) is 3.86. The molecule has 70 valence electrons. The highest BCUT2D eigenvalue weighted by atomic mass is 15.0. The summed E-state index contributed by atoms with van der Waals surface area (Å²) < 4.78 is 0. The summed E-state index contributed by atoms with van der Waals surface area (Å²) in [5, 5.41) is 3.69. The molecule has 1 N–H and O–H groups in total. The van der Waals surface area contributed by atoms with E-state index in [1.54, 1.807) is 0 Å². The molecule has 1 nitrogen and oxygen atoms in total. The van der Waals surface area contributed by atoms with Gasteiger partial charge in [0.25, 0.3) is 0 Å². The van der Waals surface area contributed by atoms with E-state index in [1.165, 1.54) is 38.6 Å². The van der Waals surface area contributed by atoms with Crippen LogP contribution in [0, 0.1) is 11.3 Å². The topological polar surface area (TPSA) is 12.0 Å². The third-order valence-corrected chi connectivity index (χ3v) is 3.86. The predicted octanol–water partition coefficient (Wildman–Crippen LogP) is 2.56. The first kappa shape index (κ1) is 8.55. The van der Waals surface area contributed by atoms with Crippen molar-refractivity contribution in [3.63, 3.8) is 0 Å². The van der Waals surface area contributed by atoms with Gasteiger partial charge >= 0.3 is 0 Å². The number of nitrogens with one attached hydrogen (secondary N) is 1. The van der Waals surface area contributed by atoms with Crippen LogP contribution in [0.3, 0.4) is 0 Å². The highest BCUT2D eigenvalue weighted by Crippen LogP contribution is 2.45. The lowest BCUT2D eigenvalue weighted by Gasteiger charge is -2.22. The Kier molecular flexibility index (Phi) is 2.16. The van der Waals surface area contributed by atoms with Crippen LogP contribution < -0.4 is 5.32 Å². The standard InChI is InChI=1S/C11H21N/c1-9(2)10-7-11(8-12-10)5-3-4-6-11/h9-10,12H,3-8H2,1-2H3. The van der Waals surface area contributed by atoms with Crippen molar-refractivity contribution in [1.82, 2.24) is 5.32 Å². The molecule has 1 aliphatic carbocycles. The Hall–Kier alpha value is -0.0400. The fraction of sp³-hybridized carbons (Fsp3) is 1.00. The zero-order chi connectivity index (χ0) is 8.60. The van der Waals surface area contributed by atoms with Crippen molar-refractivity contribution in [2.45, 2.75) is 52.0 Å². The van der Waals surface area contributed by atoms with Crippen LogP contribution in [0.5, 0.6) is 0 Å². The van der Waals surface area contributed by atoms with Crippen molar-refractivity contribution in [2.24, 2.45) is 11.3 Å². The van der Waals surface area contributed by atoms with Crippen molar-refractivity contribution in [3.8, 4) is 0 Å². The Balaban J connectivity index is 1.96. The van der Waals surface area contributed by atoms with E-state index in [0.29, 0.717) is 0 Å². The number of hydrogen-bond donors (Lipinski definition) is 1. The Morgan fingerprint density at radius 1 is 1.25 bits per heavy atom. The fourth-order valence-electron chi connectivity index (χ4n) is 2.94. The molecule has 1 heteroatoms. The molecule has 0 aromatic rings. The Morgan fingerprint density at radius 2 is 1.92 bits per heavy atom. The monoisotopic (exact) mass is 167 g/mol. The maximum Gasteiger partial charge on any atom is 0.00960 e. The lowest BCUT2D eigenvalue weighted by Crippen LogP contribution is -2.26. The van der Waals surface area contributed by atoms with Crippen molar-refractivity contribution < 1.29 is 0 Å². The van der Waals surface area contributed by atoms with Crippen molar-refractivity contribution in [2.75, 3.05) is 6.54 Å². The van der Waals surface area contributed by atoms with E-state index >= 15 is 0 Å². The average molecular weight is 167 g/mol. The van der Waals surface area contributed by atoms with Crippen LogP contribution in [-0.2, 0) is 0 Å². The molecule has 12 heavy (non-hydrogen) atoms. The van der Waals surface area contributed by atoms with Crippen LogP contribution >= 0.6 is 0 Å². The van der Waals surface area contributed by atoms with E-state index in [0.717, 1.165) is 17.4 Å². The average Bonchev–Trinajstić information content (AvgIpc) is 2.62. The molecule has 0 bridgehead atoms. The molecule has 1 aliphatic heterocycles. The fourth-order valence-corrected chi connectivity index (χ4v) is 2.94. The van der Waals surface area contributed by atoms with E-state index in [1.807, 2.05) is 0 Å². The maximum absolute atomic E-state index is 3.69.